The highest BCUT2D eigenvalue weighted by molar-refractivity contribution is 7.92. The van der Waals surface area contributed by atoms with E-state index in [1.165, 1.54) is 11.0 Å². The number of rotatable bonds is 13. The van der Waals surface area contributed by atoms with Gasteiger partial charge in [-0.15, -0.1) is 6.58 Å². The van der Waals surface area contributed by atoms with Crippen molar-refractivity contribution in [1.82, 2.24) is 25.2 Å². The number of pyridine rings is 1. The number of alkyl carbamates (subject to hydrolysis) is 1. The molecule has 6 rings (SSSR count). The van der Waals surface area contributed by atoms with E-state index < -0.39 is 88.6 Å². The fraction of sp³-hybridized carbons (Fsp3) is 0.405. The van der Waals surface area contributed by atoms with Gasteiger partial charge in [0.2, 0.25) is 11.8 Å². The van der Waals surface area contributed by atoms with Crippen molar-refractivity contribution in [3.63, 3.8) is 0 Å². The summed E-state index contributed by atoms with van der Waals surface area (Å²) in [4.78, 5) is 72.8. The Kier molecular flexibility index (Phi) is 12.2. The maximum Gasteiger partial charge on any atom is 0.408 e. The summed E-state index contributed by atoms with van der Waals surface area (Å²) < 4.78 is 45.6. The molecular weight excluding hydrogens is 829 g/mol. The van der Waals surface area contributed by atoms with Crippen molar-refractivity contribution in [1.29, 1.82) is 0 Å². The number of nitrogens with zero attached hydrogens (tertiary/aromatic N) is 3. The first kappa shape index (κ1) is 44.5. The molecule has 1 aliphatic carbocycles. The monoisotopic (exact) mass is 876 g/mol. The molecule has 0 spiro atoms. The Morgan fingerprint density at radius 2 is 1.75 bits per heavy atom. The van der Waals surface area contributed by atoms with Gasteiger partial charge in [-0.1, -0.05) is 57.2 Å². The molecule has 19 heteroatoms. The Morgan fingerprint density at radius 1 is 1.05 bits per heavy atom. The largest absolute Gasteiger partial charge is 0.497 e. The first-order valence-corrected chi connectivity index (χ1v) is 21.6. The van der Waals surface area contributed by atoms with Gasteiger partial charge in [-0.05, 0) is 62.1 Å². The Morgan fingerprint density at radius 3 is 2.34 bits per heavy atom. The third-order valence-electron chi connectivity index (χ3n) is 10.3. The van der Waals surface area contributed by atoms with E-state index in [0.29, 0.717) is 39.4 Å². The number of ether oxygens (including phenoxy) is 3. The lowest BCUT2D eigenvalue weighted by atomic mass is 9.85. The summed E-state index contributed by atoms with van der Waals surface area (Å²) in [6, 6.07) is 16.0. The number of nitro groups is 1. The number of hydrogen-bond donors (Lipinski definition) is 3. The predicted molar refractivity (Wildman–Crippen MR) is 226 cm³/mol. The van der Waals surface area contributed by atoms with Crippen LogP contribution in [0, 0.1) is 21.4 Å². The van der Waals surface area contributed by atoms with Gasteiger partial charge in [0.1, 0.15) is 45.0 Å². The van der Waals surface area contributed by atoms with Crippen LogP contribution in [0.4, 0.5) is 9.80 Å². The molecule has 4 amide bonds. The minimum Gasteiger partial charge on any atom is -0.497 e. The van der Waals surface area contributed by atoms with Crippen molar-refractivity contribution >= 4 is 61.1 Å². The van der Waals surface area contributed by atoms with E-state index in [9.17, 15) is 37.7 Å². The van der Waals surface area contributed by atoms with Crippen molar-refractivity contribution in [3.8, 4) is 22.8 Å². The quantitative estimate of drug-likeness (QED) is 0.0832. The fourth-order valence-electron chi connectivity index (χ4n) is 7.11. The van der Waals surface area contributed by atoms with Crippen LogP contribution in [-0.4, -0.2) is 90.0 Å². The third-order valence-corrected chi connectivity index (χ3v) is 13.1. The lowest BCUT2D eigenvalue weighted by Crippen LogP contribution is -2.60. The van der Waals surface area contributed by atoms with Gasteiger partial charge >= 0.3 is 11.1 Å². The normalized spacial score (nSPS) is 20.6. The number of aromatic nitrogens is 1. The number of methoxy groups -OCH3 is 1. The zero-order chi connectivity index (χ0) is 44.7. The van der Waals surface area contributed by atoms with Crippen LogP contribution in [0.3, 0.4) is 0 Å². The van der Waals surface area contributed by atoms with Crippen LogP contribution in [0.2, 0.25) is 0 Å². The maximum atomic E-state index is 14.7. The van der Waals surface area contributed by atoms with Gasteiger partial charge in [0, 0.05) is 41.5 Å². The summed E-state index contributed by atoms with van der Waals surface area (Å²) in [5, 5.41) is 16.8. The van der Waals surface area contributed by atoms with Gasteiger partial charge in [-0.3, -0.25) is 24.5 Å². The molecule has 5 atom stereocenters. The van der Waals surface area contributed by atoms with E-state index in [2.05, 4.69) is 17.2 Å². The van der Waals surface area contributed by atoms with Crippen molar-refractivity contribution in [2.24, 2.45) is 11.3 Å². The molecular formula is C42H48N6O11S2. The summed E-state index contributed by atoms with van der Waals surface area (Å²) >= 11 is 0.363. The molecule has 2 aromatic carbocycles. The maximum absolute atomic E-state index is 14.7. The van der Waals surface area contributed by atoms with Gasteiger partial charge in [0.05, 0.1) is 29.8 Å². The lowest BCUT2D eigenvalue weighted by molar-refractivity contribution is -0.380. The molecule has 0 radical (unpaired) electrons. The van der Waals surface area contributed by atoms with Crippen LogP contribution in [-0.2, 0) is 29.1 Å². The first-order valence-electron chi connectivity index (χ1n) is 19.3. The highest BCUT2D eigenvalue weighted by Crippen LogP contribution is 2.46. The summed E-state index contributed by atoms with van der Waals surface area (Å²) in [6.45, 7) is 13.9. The average Bonchev–Trinajstić information content (AvgIpc) is 3.47. The Hall–Kier alpha value is -6.08. The van der Waals surface area contributed by atoms with E-state index in [1.54, 1.807) is 72.9 Å². The molecule has 0 bridgehead atoms. The van der Waals surface area contributed by atoms with E-state index in [-0.39, 0.29) is 19.4 Å². The van der Waals surface area contributed by atoms with Gasteiger partial charge in [0.25, 0.3) is 15.9 Å². The van der Waals surface area contributed by atoms with Crippen LogP contribution < -0.4 is 24.8 Å². The molecule has 2 fully saturated rings. The number of carbonyl (C=O) groups excluding carboxylic acids is 4. The van der Waals surface area contributed by atoms with Crippen LogP contribution in [0.15, 0.2) is 83.6 Å². The highest BCUT2D eigenvalue weighted by Gasteiger charge is 2.61. The standard InChI is InChI=1S/C42H48N6O11S2/c1-9-25-22-42(25,38(51)46-61(55,56)34-18-17-33(60-34)48(53)54)45-36(49)31-20-27(23-47(31)37(50)35(40(2,3)4)44-39(52)59-41(5,6)7)58-32-21-29(24-13-11-10-12-14-24)43-30-19-26(57-8)15-16-28(30)32/h9-19,21,25,27,31,35H,1,20,22-23H2,2-8H3,(H,44,52)(H,45,49)(H,46,51). The van der Waals surface area contributed by atoms with Crippen LogP contribution >= 0.6 is 11.3 Å². The molecule has 2 aromatic heterocycles. The molecule has 2 aliphatic rings. The molecule has 3 heterocycles. The van der Waals surface area contributed by atoms with Crippen molar-refractivity contribution in [2.45, 2.75) is 87.9 Å². The summed E-state index contributed by atoms with van der Waals surface area (Å²) in [6.07, 6.45) is -0.350. The summed E-state index contributed by atoms with van der Waals surface area (Å²) in [5.41, 5.74) is -1.60. The van der Waals surface area contributed by atoms with Gasteiger partial charge in [-0.25, -0.2) is 22.9 Å². The number of amides is 4. The number of nitrogens with one attached hydrogen (secondary N) is 3. The minimum absolute atomic E-state index is 0.0195. The zero-order valence-corrected chi connectivity index (χ0v) is 36.3. The van der Waals surface area contributed by atoms with Crippen molar-refractivity contribution in [2.75, 3.05) is 13.7 Å². The lowest BCUT2D eigenvalue weighted by Gasteiger charge is -2.36. The second-order valence-corrected chi connectivity index (χ2v) is 19.9. The zero-order valence-electron chi connectivity index (χ0n) is 34.7. The Balaban J connectivity index is 1.34. The van der Waals surface area contributed by atoms with E-state index in [4.69, 9.17) is 19.2 Å². The van der Waals surface area contributed by atoms with Crippen LogP contribution in [0.25, 0.3) is 22.2 Å². The van der Waals surface area contributed by atoms with Gasteiger partial charge in [0.15, 0.2) is 0 Å². The molecule has 17 nitrogen and oxygen atoms in total. The molecule has 61 heavy (non-hydrogen) atoms. The van der Waals surface area contributed by atoms with Gasteiger partial charge in [-0.2, -0.15) is 0 Å². The Bertz CT molecular complexity index is 2500. The second-order valence-electron chi connectivity index (χ2n) is 17.0. The molecule has 3 N–H and O–H groups in total. The van der Waals surface area contributed by atoms with Crippen molar-refractivity contribution in [3.05, 3.63) is 89.5 Å². The summed E-state index contributed by atoms with van der Waals surface area (Å²) in [5.74, 6) is -2.23. The van der Waals surface area contributed by atoms with E-state index >= 15 is 0 Å². The molecule has 1 saturated carbocycles. The number of hydrogen-bond acceptors (Lipinski definition) is 13. The number of sulfonamides is 1. The topological polar surface area (TPSA) is 225 Å². The molecule has 4 aromatic rings. The molecule has 1 aliphatic heterocycles. The fourth-order valence-corrected chi connectivity index (χ4v) is 9.25. The SMILES string of the molecule is C=CC1CC1(NC(=O)C1CC(Oc2cc(-c3ccccc3)nc3cc(OC)ccc23)CN1C(=O)C(NC(=O)OC(C)(C)C)C(C)(C)C)C(=O)NS(=O)(=O)c1ccc([N+](=O)[O-])s1. The van der Waals surface area contributed by atoms with E-state index in [0.717, 1.165) is 17.7 Å². The van der Waals surface area contributed by atoms with Crippen LogP contribution in [0.1, 0.15) is 54.4 Å². The Labute approximate surface area is 357 Å². The number of benzene rings is 2. The number of fused-ring (bicyclic) bond motifs is 1. The number of likely N-dealkylation sites (tertiary alicyclic amines) is 1. The number of thiophene rings is 1. The minimum atomic E-state index is -4.59. The smallest absolute Gasteiger partial charge is 0.408 e. The average molecular weight is 877 g/mol. The second kappa shape index (κ2) is 16.8. The van der Waals surface area contributed by atoms with Gasteiger partial charge < -0.3 is 29.7 Å². The number of carbonyl (C=O) groups is 4. The van der Waals surface area contributed by atoms with Crippen LogP contribution in [0.5, 0.6) is 11.5 Å². The molecule has 1 saturated heterocycles. The predicted octanol–water partition coefficient (Wildman–Crippen LogP) is 5.73. The summed E-state index contributed by atoms with van der Waals surface area (Å²) in [7, 11) is -3.05. The molecule has 324 valence electrons. The third kappa shape index (κ3) is 9.78. The van der Waals surface area contributed by atoms with Crippen molar-refractivity contribution < 1.29 is 46.7 Å². The van der Waals surface area contributed by atoms with E-state index in [1.807, 2.05) is 35.1 Å². The first-order chi connectivity index (χ1) is 28.5. The molecule has 5 unspecified atom stereocenters. The highest BCUT2D eigenvalue weighted by atomic mass is 32.2.